The van der Waals surface area contributed by atoms with Gasteiger partial charge in [0.1, 0.15) is 11.7 Å². The predicted octanol–water partition coefficient (Wildman–Crippen LogP) is 2.05. The molecule has 1 N–H and O–H groups in total. The van der Waals surface area contributed by atoms with Gasteiger partial charge < -0.3 is 19.7 Å². The van der Waals surface area contributed by atoms with Crippen LogP contribution in [0.25, 0.3) is 0 Å². The summed E-state index contributed by atoms with van der Waals surface area (Å²) in [5, 5.41) is 3.20. The lowest BCUT2D eigenvalue weighted by molar-refractivity contribution is -0.145. The van der Waals surface area contributed by atoms with Gasteiger partial charge in [-0.15, -0.1) is 0 Å². The number of hydrogen-bond acceptors (Lipinski definition) is 7. The van der Waals surface area contributed by atoms with Gasteiger partial charge in [-0.05, 0) is 18.6 Å². The van der Waals surface area contributed by atoms with Crippen molar-refractivity contribution in [3.05, 3.63) is 53.9 Å². The maximum Gasteiger partial charge on any atom is 0.328 e. The summed E-state index contributed by atoms with van der Waals surface area (Å²) in [5.41, 5.74) is 1.29. The van der Waals surface area contributed by atoms with Crippen LogP contribution in [-0.4, -0.2) is 59.7 Å². The van der Waals surface area contributed by atoms with Crippen LogP contribution in [0.2, 0.25) is 0 Å². The fraction of sp³-hybridized carbons (Fsp3) is 0.400. The Hall–Kier alpha value is -3.00. The van der Waals surface area contributed by atoms with Crippen molar-refractivity contribution in [3.63, 3.8) is 0 Å². The van der Waals surface area contributed by atoms with Gasteiger partial charge in [0.15, 0.2) is 0 Å². The molecular weight excluding hydrogens is 360 g/mol. The molecular formula is C20H24N4O4. The maximum absolute atomic E-state index is 13.0. The molecule has 28 heavy (non-hydrogen) atoms. The normalized spacial score (nSPS) is 19.9. The number of benzene rings is 1. The smallest absolute Gasteiger partial charge is 0.328 e. The van der Waals surface area contributed by atoms with Gasteiger partial charge in [0.05, 0.1) is 19.3 Å². The highest BCUT2D eigenvalue weighted by Crippen LogP contribution is 2.23. The maximum atomic E-state index is 13.0. The minimum Gasteiger partial charge on any atom is -0.467 e. The standard InChI is InChI=1S/C20H24N4O4/c1-13(14-7-5-4-6-8-14)22-20-21-10-9-16(23-20)18(25)24-12-15(27-2)11-17(24)19(26)28-3/h4-10,13,15,17H,11-12H2,1-3H3,(H,21,22,23)/t13-,15+,17-/m0/s1. The van der Waals surface area contributed by atoms with E-state index >= 15 is 0 Å². The van der Waals surface area contributed by atoms with Gasteiger partial charge in [-0.1, -0.05) is 30.3 Å². The molecule has 0 unspecified atom stereocenters. The van der Waals surface area contributed by atoms with Crippen molar-refractivity contribution < 1.29 is 19.1 Å². The second kappa shape index (κ2) is 8.79. The molecule has 0 spiro atoms. The van der Waals surface area contributed by atoms with Gasteiger partial charge in [-0.25, -0.2) is 14.8 Å². The molecule has 1 aliphatic rings. The number of rotatable bonds is 6. The topological polar surface area (TPSA) is 93.7 Å². The minimum absolute atomic E-state index is 0.0287. The molecule has 2 heterocycles. The summed E-state index contributed by atoms with van der Waals surface area (Å²) in [4.78, 5) is 35.1. The van der Waals surface area contributed by atoms with E-state index in [0.717, 1.165) is 5.56 Å². The number of likely N-dealkylation sites (tertiary alicyclic amines) is 1. The molecule has 1 aliphatic heterocycles. The lowest BCUT2D eigenvalue weighted by atomic mass is 10.1. The number of ether oxygens (including phenoxy) is 2. The molecule has 0 saturated carbocycles. The van der Waals surface area contributed by atoms with E-state index in [2.05, 4.69) is 15.3 Å². The highest BCUT2D eigenvalue weighted by Gasteiger charge is 2.41. The van der Waals surface area contributed by atoms with Crippen LogP contribution in [0.15, 0.2) is 42.6 Å². The molecule has 2 aromatic rings. The van der Waals surface area contributed by atoms with Crippen LogP contribution in [-0.2, 0) is 14.3 Å². The first kappa shape index (κ1) is 19.8. The second-order valence-corrected chi connectivity index (χ2v) is 6.63. The number of aromatic nitrogens is 2. The average Bonchev–Trinajstić information content (AvgIpc) is 3.18. The zero-order valence-electron chi connectivity index (χ0n) is 16.2. The third-order valence-electron chi connectivity index (χ3n) is 4.85. The lowest BCUT2D eigenvalue weighted by Gasteiger charge is -2.22. The quantitative estimate of drug-likeness (QED) is 0.762. The van der Waals surface area contributed by atoms with E-state index in [1.54, 1.807) is 7.11 Å². The van der Waals surface area contributed by atoms with Crippen LogP contribution < -0.4 is 5.32 Å². The van der Waals surface area contributed by atoms with E-state index in [1.807, 2.05) is 37.3 Å². The van der Waals surface area contributed by atoms with Gasteiger partial charge in [-0.3, -0.25) is 4.79 Å². The van der Waals surface area contributed by atoms with Crippen LogP contribution in [0.4, 0.5) is 5.95 Å². The molecule has 0 bridgehead atoms. The molecule has 1 fully saturated rings. The molecule has 3 rings (SSSR count). The number of anilines is 1. The summed E-state index contributed by atoms with van der Waals surface area (Å²) < 4.78 is 10.2. The Balaban J connectivity index is 1.77. The third kappa shape index (κ3) is 4.28. The summed E-state index contributed by atoms with van der Waals surface area (Å²) in [6.07, 6.45) is 1.71. The number of methoxy groups -OCH3 is 2. The molecule has 0 radical (unpaired) electrons. The Kier molecular flexibility index (Phi) is 6.20. The van der Waals surface area contributed by atoms with Crippen molar-refractivity contribution >= 4 is 17.8 Å². The predicted molar refractivity (Wildman–Crippen MR) is 103 cm³/mol. The molecule has 148 valence electrons. The largest absolute Gasteiger partial charge is 0.467 e. The molecule has 1 saturated heterocycles. The van der Waals surface area contributed by atoms with Crippen LogP contribution in [0.1, 0.15) is 35.4 Å². The van der Waals surface area contributed by atoms with E-state index in [9.17, 15) is 9.59 Å². The Morgan fingerprint density at radius 3 is 2.64 bits per heavy atom. The summed E-state index contributed by atoms with van der Waals surface area (Å²) in [5.74, 6) is -0.468. The van der Waals surface area contributed by atoms with Gasteiger partial charge in [0.2, 0.25) is 5.95 Å². The molecule has 8 heteroatoms. The molecule has 8 nitrogen and oxygen atoms in total. The Labute approximate surface area is 163 Å². The van der Waals surface area contributed by atoms with E-state index < -0.39 is 12.0 Å². The number of esters is 1. The van der Waals surface area contributed by atoms with Crippen LogP contribution in [0.5, 0.6) is 0 Å². The Bertz CT molecular complexity index is 830. The first-order valence-electron chi connectivity index (χ1n) is 9.09. The summed E-state index contributed by atoms with van der Waals surface area (Å²) in [7, 11) is 2.87. The summed E-state index contributed by atoms with van der Waals surface area (Å²) in [6, 6.07) is 10.7. The van der Waals surface area contributed by atoms with Crippen LogP contribution >= 0.6 is 0 Å². The van der Waals surface area contributed by atoms with Crippen LogP contribution in [0.3, 0.4) is 0 Å². The highest BCUT2D eigenvalue weighted by molar-refractivity contribution is 5.95. The average molecular weight is 384 g/mol. The van der Waals surface area contributed by atoms with Crippen LogP contribution in [0, 0.1) is 0 Å². The van der Waals surface area contributed by atoms with E-state index in [1.165, 1.54) is 24.3 Å². The minimum atomic E-state index is -0.683. The van der Waals surface area contributed by atoms with Crippen molar-refractivity contribution in [1.29, 1.82) is 0 Å². The van der Waals surface area contributed by atoms with Gasteiger partial charge in [-0.2, -0.15) is 0 Å². The fourth-order valence-corrected chi connectivity index (χ4v) is 3.27. The first-order valence-corrected chi connectivity index (χ1v) is 9.09. The number of carbonyl (C=O) groups is 2. The summed E-state index contributed by atoms with van der Waals surface area (Å²) in [6.45, 7) is 2.30. The van der Waals surface area contributed by atoms with Crippen molar-refractivity contribution in [2.24, 2.45) is 0 Å². The Morgan fingerprint density at radius 1 is 1.21 bits per heavy atom. The zero-order chi connectivity index (χ0) is 20.1. The monoisotopic (exact) mass is 384 g/mol. The van der Waals surface area contributed by atoms with Crippen molar-refractivity contribution in [1.82, 2.24) is 14.9 Å². The van der Waals surface area contributed by atoms with E-state index in [0.29, 0.717) is 18.9 Å². The number of nitrogens with one attached hydrogen (secondary N) is 1. The molecule has 3 atom stereocenters. The number of hydrogen-bond donors (Lipinski definition) is 1. The molecule has 1 aromatic heterocycles. The van der Waals surface area contributed by atoms with Gasteiger partial charge in [0, 0.05) is 26.3 Å². The molecule has 1 amide bonds. The fourth-order valence-electron chi connectivity index (χ4n) is 3.27. The van der Waals surface area contributed by atoms with Crippen molar-refractivity contribution in [3.8, 4) is 0 Å². The lowest BCUT2D eigenvalue weighted by Crippen LogP contribution is -2.41. The first-order chi connectivity index (χ1) is 13.5. The number of amides is 1. The third-order valence-corrected chi connectivity index (χ3v) is 4.85. The second-order valence-electron chi connectivity index (χ2n) is 6.63. The number of carbonyl (C=O) groups excluding carboxylic acids is 2. The zero-order valence-corrected chi connectivity index (χ0v) is 16.2. The molecule has 1 aromatic carbocycles. The van der Waals surface area contributed by atoms with Gasteiger partial charge >= 0.3 is 5.97 Å². The molecule has 0 aliphatic carbocycles. The summed E-state index contributed by atoms with van der Waals surface area (Å²) >= 11 is 0. The van der Waals surface area contributed by atoms with E-state index in [-0.39, 0.29) is 23.7 Å². The van der Waals surface area contributed by atoms with Crippen molar-refractivity contribution in [2.45, 2.75) is 31.5 Å². The SMILES string of the molecule is COC(=O)[C@@H]1C[C@@H](OC)CN1C(=O)c1ccnc(N[C@@H](C)c2ccccc2)n1. The van der Waals surface area contributed by atoms with Gasteiger partial charge in [0.25, 0.3) is 5.91 Å². The highest BCUT2D eigenvalue weighted by atomic mass is 16.5. The Morgan fingerprint density at radius 2 is 1.96 bits per heavy atom. The number of nitrogens with zero attached hydrogens (tertiary/aromatic N) is 3. The van der Waals surface area contributed by atoms with E-state index in [4.69, 9.17) is 9.47 Å². The van der Waals surface area contributed by atoms with Crippen molar-refractivity contribution in [2.75, 3.05) is 26.1 Å².